The van der Waals surface area contributed by atoms with Crippen LogP contribution < -0.4 is 5.32 Å². The molecular formula is C10H15FN4O. The number of alkyl halides is 1. The third-order valence-electron chi connectivity index (χ3n) is 2.83. The van der Waals surface area contributed by atoms with Gasteiger partial charge in [-0.2, -0.15) is 0 Å². The molecule has 1 aromatic heterocycles. The Morgan fingerprint density at radius 1 is 1.56 bits per heavy atom. The Morgan fingerprint density at radius 2 is 2.31 bits per heavy atom. The average Bonchev–Trinajstić information content (AvgIpc) is 2.68. The molecule has 88 valence electrons. The molecule has 2 rings (SSSR count). The number of hydrogen-bond donors (Lipinski definition) is 1. The van der Waals surface area contributed by atoms with Gasteiger partial charge in [-0.25, -0.2) is 4.39 Å². The van der Waals surface area contributed by atoms with Gasteiger partial charge in [0.05, 0.1) is 12.2 Å². The molecule has 0 spiro atoms. The quantitative estimate of drug-likeness (QED) is 0.812. The number of amides is 1. The van der Waals surface area contributed by atoms with Crippen LogP contribution in [0.25, 0.3) is 0 Å². The van der Waals surface area contributed by atoms with E-state index in [1.807, 2.05) is 0 Å². The number of carbonyl (C=O) groups is 1. The van der Waals surface area contributed by atoms with Gasteiger partial charge < -0.3 is 5.32 Å². The molecule has 1 fully saturated rings. The van der Waals surface area contributed by atoms with Gasteiger partial charge in [-0.05, 0) is 12.8 Å². The maximum Gasteiger partial charge on any atom is 0.273 e. The van der Waals surface area contributed by atoms with E-state index in [0.717, 1.165) is 12.8 Å². The first-order valence-corrected chi connectivity index (χ1v) is 5.48. The van der Waals surface area contributed by atoms with E-state index in [1.54, 1.807) is 7.05 Å². The van der Waals surface area contributed by atoms with Gasteiger partial charge in [-0.1, -0.05) is 18.1 Å². The van der Waals surface area contributed by atoms with Crippen LogP contribution in [0.5, 0.6) is 0 Å². The first-order valence-electron chi connectivity index (χ1n) is 5.48. The normalized spacial score (nSPS) is 25.4. The molecule has 1 aliphatic carbocycles. The van der Waals surface area contributed by atoms with Crippen LogP contribution in [0.2, 0.25) is 0 Å². The van der Waals surface area contributed by atoms with E-state index in [2.05, 4.69) is 15.6 Å². The number of nitrogens with zero attached hydrogens (tertiary/aromatic N) is 3. The lowest BCUT2D eigenvalue weighted by Gasteiger charge is -2.26. The fraction of sp³-hybridized carbons (Fsp3) is 0.700. The number of carbonyl (C=O) groups excluding carboxylic acids is 1. The van der Waals surface area contributed by atoms with E-state index < -0.39 is 6.17 Å². The Hall–Kier alpha value is -1.46. The summed E-state index contributed by atoms with van der Waals surface area (Å²) in [6.07, 6.45) is 3.68. The van der Waals surface area contributed by atoms with Gasteiger partial charge in [0.25, 0.3) is 5.91 Å². The average molecular weight is 226 g/mol. The summed E-state index contributed by atoms with van der Waals surface area (Å²) in [6.45, 7) is 0. The molecule has 1 aromatic rings. The van der Waals surface area contributed by atoms with Gasteiger partial charge in [-0.15, -0.1) is 5.10 Å². The summed E-state index contributed by atoms with van der Waals surface area (Å²) >= 11 is 0. The molecule has 0 unspecified atom stereocenters. The van der Waals surface area contributed by atoms with Crippen LogP contribution in [0, 0.1) is 0 Å². The molecule has 0 saturated heterocycles. The highest BCUT2D eigenvalue weighted by molar-refractivity contribution is 5.92. The van der Waals surface area contributed by atoms with Crippen molar-refractivity contribution in [3.8, 4) is 0 Å². The second-order valence-corrected chi connectivity index (χ2v) is 4.16. The second-order valence-electron chi connectivity index (χ2n) is 4.16. The minimum Gasteiger partial charge on any atom is -0.345 e. The number of halogens is 1. The van der Waals surface area contributed by atoms with Gasteiger partial charge >= 0.3 is 0 Å². The van der Waals surface area contributed by atoms with Crippen molar-refractivity contribution in [2.24, 2.45) is 7.05 Å². The van der Waals surface area contributed by atoms with Crippen LogP contribution >= 0.6 is 0 Å². The zero-order valence-corrected chi connectivity index (χ0v) is 9.19. The smallest absolute Gasteiger partial charge is 0.273 e. The Labute approximate surface area is 93.0 Å². The first kappa shape index (κ1) is 11.0. The van der Waals surface area contributed by atoms with E-state index in [0.29, 0.717) is 12.8 Å². The lowest BCUT2D eigenvalue weighted by atomic mass is 9.93. The summed E-state index contributed by atoms with van der Waals surface area (Å²) in [7, 11) is 1.68. The monoisotopic (exact) mass is 226 g/mol. The van der Waals surface area contributed by atoms with Crippen molar-refractivity contribution in [2.75, 3.05) is 0 Å². The highest BCUT2D eigenvalue weighted by atomic mass is 19.1. The molecule has 6 heteroatoms. The Kier molecular flexibility index (Phi) is 3.17. The van der Waals surface area contributed by atoms with E-state index in [-0.39, 0.29) is 17.6 Å². The van der Waals surface area contributed by atoms with E-state index in [4.69, 9.17) is 0 Å². The summed E-state index contributed by atoms with van der Waals surface area (Å²) in [5, 5.41) is 10.0. The highest BCUT2D eigenvalue weighted by Crippen LogP contribution is 2.21. The summed E-state index contributed by atoms with van der Waals surface area (Å²) in [4.78, 5) is 11.7. The fourth-order valence-corrected chi connectivity index (χ4v) is 1.94. The minimum atomic E-state index is -0.936. The van der Waals surface area contributed by atoms with Gasteiger partial charge in [0.15, 0.2) is 5.69 Å². The van der Waals surface area contributed by atoms with Crippen LogP contribution in [0.3, 0.4) is 0 Å². The molecule has 1 saturated carbocycles. The summed E-state index contributed by atoms with van der Waals surface area (Å²) < 4.78 is 14.9. The molecule has 16 heavy (non-hydrogen) atoms. The maximum atomic E-state index is 13.5. The number of nitrogens with one attached hydrogen (secondary N) is 1. The third kappa shape index (κ3) is 2.37. The van der Waals surface area contributed by atoms with Crippen LogP contribution in [-0.2, 0) is 7.05 Å². The predicted octanol–water partition coefficient (Wildman–Crippen LogP) is 0.826. The third-order valence-corrected chi connectivity index (χ3v) is 2.83. The second kappa shape index (κ2) is 4.59. The van der Waals surface area contributed by atoms with Crippen molar-refractivity contribution in [3.05, 3.63) is 11.9 Å². The van der Waals surface area contributed by atoms with Crippen molar-refractivity contribution >= 4 is 5.91 Å². The SMILES string of the molecule is Cn1cc(C(=O)N[C@@H]2CCCC[C@H]2F)nn1. The molecule has 1 amide bonds. The van der Waals surface area contributed by atoms with Crippen LogP contribution in [0.15, 0.2) is 6.20 Å². The van der Waals surface area contributed by atoms with Crippen molar-refractivity contribution in [2.45, 2.75) is 37.9 Å². The molecule has 1 aliphatic rings. The lowest BCUT2D eigenvalue weighted by molar-refractivity contribution is 0.0879. The van der Waals surface area contributed by atoms with Crippen molar-refractivity contribution in [1.82, 2.24) is 20.3 Å². The standard InChI is InChI=1S/C10H15FN4O/c1-15-6-9(13-14-15)10(16)12-8-5-3-2-4-7(8)11/h6-8H,2-5H2,1H3,(H,12,16)/t7-,8-/m1/s1. The largest absolute Gasteiger partial charge is 0.345 e. The Balaban J connectivity index is 1.96. The fourth-order valence-electron chi connectivity index (χ4n) is 1.94. The molecule has 1 heterocycles. The van der Waals surface area contributed by atoms with E-state index >= 15 is 0 Å². The van der Waals surface area contributed by atoms with Gasteiger partial charge in [0, 0.05) is 7.05 Å². The summed E-state index contributed by atoms with van der Waals surface area (Å²) in [6, 6.07) is -0.372. The van der Waals surface area contributed by atoms with Gasteiger partial charge in [0.2, 0.25) is 0 Å². The summed E-state index contributed by atoms with van der Waals surface area (Å²) in [5.41, 5.74) is 0.236. The topological polar surface area (TPSA) is 59.8 Å². The van der Waals surface area contributed by atoms with Crippen LogP contribution in [0.4, 0.5) is 4.39 Å². The molecule has 0 aliphatic heterocycles. The zero-order chi connectivity index (χ0) is 11.5. The molecule has 0 aromatic carbocycles. The molecular weight excluding hydrogens is 211 g/mol. The summed E-state index contributed by atoms with van der Waals surface area (Å²) in [5.74, 6) is -0.345. The molecule has 0 bridgehead atoms. The highest BCUT2D eigenvalue weighted by Gasteiger charge is 2.26. The molecule has 2 atom stereocenters. The van der Waals surface area contributed by atoms with E-state index in [1.165, 1.54) is 10.9 Å². The molecule has 1 N–H and O–H groups in total. The van der Waals surface area contributed by atoms with Crippen molar-refractivity contribution < 1.29 is 9.18 Å². The van der Waals surface area contributed by atoms with Crippen LogP contribution in [-0.4, -0.2) is 33.1 Å². The van der Waals surface area contributed by atoms with Crippen molar-refractivity contribution in [1.29, 1.82) is 0 Å². The predicted molar refractivity (Wildman–Crippen MR) is 55.6 cm³/mol. The maximum absolute atomic E-state index is 13.5. The Bertz CT molecular complexity index is 379. The minimum absolute atomic E-state index is 0.236. The first-order chi connectivity index (χ1) is 7.66. The van der Waals surface area contributed by atoms with Gasteiger partial charge in [-0.3, -0.25) is 9.48 Å². The lowest BCUT2D eigenvalue weighted by Crippen LogP contribution is -2.43. The zero-order valence-electron chi connectivity index (χ0n) is 9.19. The van der Waals surface area contributed by atoms with E-state index in [9.17, 15) is 9.18 Å². The number of aromatic nitrogens is 3. The number of aryl methyl sites for hydroxylation is 1. The van der Waals surface area contributed by atoms with Gasteiger partial charge in [0.1, 0.15) is 6.17 Å². The van der Waals surface area contributed by atoms with Crippen molar-refractivity contribution in [3.63, 3.8) is 0 Å². The Morgan fingerprint density at radius 3 is 2.94 bits per heavy atom. The molecule has 0 radical (unpaired) electrons. The number of hydrogen-bond acceptors (Lipinski definition) is 3. The van der Waals surface area contributed by atoms with Crippen LogP contribution in [0.1, 0.15) is 36.2 Å². The molecule has 5 nitrogen and oxygen atoms in total. The number of rotatable bonds is 2.